The van der Waals surface area contributed by atoms with E-state index in [4.69, 9.17) is 10.7 Å². The third-order valence-electron chi connectivity index (χ3n) is 5.44. The van der Waals surface area contributed by atoms with Crippen LogP contribution in [-0.2, 0) is 17.6 Å². The minimum absolute atomic E-state index is 0.0966. The predicted molar refractivity (Wildman–Crippen MR) is 121 cm³/mol. The van der Waals surface area contributed by atoms with Gasteiger partial charge in [-0.1, -0.05) is 13.0 Å². The highest BCUT2D eigenvalue weighted by atomic mass is 32.2. The highest BCUT2D eigenvalue weighted by Gasteiger charge is 2.23. The summed E-state index contributed by atoms with van der Waals surface area (Å²) < 4.78 is 11.8. The second-order valence-electron chi connectivity index (χ2n) is 7.52. The molecule has 8 nitrogen and oxygen atoms in total. The first-order valence-corrected chi connectivity index (χ1v) is 11.8. The average Bonchev–Trinajstić information content (AvgIpc) is 2.74. The number of hydrogen-bond acceptors (Lipinski definition) is 7. The van der Waals surface area contributed by atoms with Crippen LogP contribution in [0, 0.1) is 0 Å². The van der Waals surface area contributed by atoms with E-state index in [2.05, 4.69) is 20.9 Å². The summed E-state index contributed by atoms with van der Waals surface area (Å²) in [6, 6.07) is 8.05. The first-order valence-electron chi connectivity index (χ1n) is 10.3. The number of carbonyl (C=O) groups is 1. The zero-order valence-corrected chi connectivity index (χ0v) is 18.5. The Kier molecular flexibility index (Phi) is 7.52. The molecule has 2 aromatic rings. The van der Waals surface area contributed by atoms with Crippen molar-refractivity contribution in [2.75, 3.05) is 23.9 Å². The normalized spacial score (nSPS) is 19.9. The van der Waals surface area contributed by atoms with Gasteiger partial charge in [0.15, 0.2) is 16.4 Å². The van der Waals surface area contributed by atoms with E-state index in [0.717, 1.165) is 25.7 Å². The Morgan fingerprint density at radius 1 is 1.20 bits per heavy atom. The van der Waals surface area contributed by atoms with Crippen molar-refractivity contribution in [1.82, 2.24) is 15.3 Å². The van der Waals surface area contributed by atoms with Crippen LogP contribution in [0.4, 0.5) is 17.3 Å². The minimum atomic E-state index is -1.11. The fourth-order valence-electron chi connectivity index (χ4n) is 3.70. The number of aromatic nitrogens is 2. The number of nitrogens with one attached hydrogen (secondary N) is 3. The summed E-state index contributed by atoms with van der Waals surface area (Å²) in [6.07, 6.45) is 6.55. The third-order valence-corrected chi connectivity index (χ3v) is 6.36. The van der Waals surface area contributed by atoms with Crippen molar-refractivity contribution < 1.29 is 9.35 Å². The van der Waals surface area contributed by atoms with Crippen LogP contribution in [0.2, 0.25) is 0 Å². The number of nitrogens with two attached hydrogens (primary N) is 1. The van der Waals surface area contributed by atoms with E-state index < -0.39 is 17.1 Å². The summed E-state index contributed by atoms with van der Waals surface area (Å²) in [6.45, 7) is 1.98. The van der Waals surface area contributed by atoms with Crippen LogP contribution in [0.5, 0.6) is 0 Å². The van der Waals surface area contributed by atoms with Gasteiger partial charge in [0.05, 0.1) is 5.69 Å². The second kappa shape index (κ2) is 10.1. The maximum absolute atomic E-state index is 12.0. The SMILES string of the molecule is CCc1nc(C(N)=O)c(Nc2cccc([S+](C)[O-])c2)nc1N[C@H]1CC[C@H](NC)CC1. The van der Waals surface area contributed by atoms with Gasteiger partial charge in [0.25, 0.3) is 5.91 Å². The van der Waals surface area contributed by atoms with Gasteiger partial charge in [0.2, 0.25) is 0 Å². The van der Waals surface area contributed by atoms with E-state index in [1.807, 2.05) is 20.0 Å². The highest BCUT2D eigenvalue weighted by Crippen LogP contribution is 2.27. The van der Waals surface area contributed by atoms with Crippen molar-refractivity contribution in [1.29, 1.82) is 0 Å². The molecule has 1 saturated carbocycles. The molecular weight excluding hydrogens is 400 g/mol. The molecule has 1 aromatic carbocycles. The Bertz CT molecular complexity index is 884. The standard InChI is InChI=1S/C21H30N6O2S/c1-4-17-20(24-14-10-8-13(23-2)9-11-14)27-21(18(26-17)19(22)28)25-15-6-5-7-16(12-15)30(3)29/h5-7,12-14,23H,4,8-11H2,1-3H3,(H2,22,28)(H2,24,25,27)/t13-,14-,30?. The number of primary amides is 1. The summed E-state index contributed by atoms with van der Waals surface area (Å²) in [5.74, 6) is 0.328. The van der Waals surface area contributed by atoms with Gasteiger partial charge in [-0.15, -0.1) is 0 Å². The van der Waals surface area contributed by atoms with Crippen molar-refractivity contribution in [3.05, 3.63) is 35.7 Å². The maximum atomic E-state index is 12.0. The molecule has 5 N–H and O–H groups in total. The minimum Gasteiger partial charge on any atom is -0.612 e. The fraction of sp³-hybridized carbons (Fsp3) is 0.476. The smallest absolute Gasteiger partial charge is 0.271 e. The molecule has 1 atom stereocenters. The second-order valence-corrected chi connectivity index (χ2v) is 8.90. The van der Waals surface area contributed by atoms with Gasteiger partial charge >= 0.3 is 0 Å². The Balaban J connectivity index is 1.89. The van der Waals surface area contributed by atoms with Gasteiger partial charge < -0.3 is 26.2 Å². The number of aryl methyl sites for hydroxylation is 1. The largest absolute Gasteiger partial charge is 0.612 e. The molecular formula is C21H30N6O2S. The maximum Gasteiger partial charge on any atom is 0.271 e. The molecule has 3 rings (SSSR count). The van der Waals surface area contributed by atoms with Crippen LogP contribution in [0.1, 0.15) is 48.8 Å². The van der Waals surface area contributed by atoms with E-state index in [9.17, 15) is 9.35 Å². The van der Waals surface area contributed by atoms with Crippen molar-refractivity contribution in [2.45, 2.75) is 56.0 Å². The van der Waals surface area contributed by atoms with Gasteiger partial charge in [0.1, 0.15) is 12.1 Å². The summed E-state index contributed by atoms with van der Waals surface area (Å²) in [5, 5.41) is 10.0. The molecule has 162 valence electrons. The van der Waals surface area contributed by atoms with Crippen LogP contribution in [-0.4, -0.2) is 45.8 Å². The third kappa shape index (κ3) is 5.41. The highest BCUT2D eigenvalue weighted by molar-refractivity contribution is 7.90. The molecule has 9 heteroatoms. The lowest BCUT2D eigenvalue weighted by molar-refractivity contribution is 0.0996. The Labute approximate surface area is 180 Å². The summed E-state index contributed by atoms with van der Waals surface area (Å²) in [5.41, 5.74) is 7.06. The van der Waals surface area contributed by atoms with Crippen LogP contribution in [0.15, 0.2) is 29.2 Å². The average molecular weight is 431 g/mol. The topological polar surface area (TPSA) is 128 Å². The van der Waals surface area contributed by atoms with Crippen LogP contribution >= 0.6 is 0 Å². The Morgan fingerprint density at radius 3 is 2.50 bits per heavy atom. The fourth-order valence-corrected chi connectivity index (χ4v) is 4.26. The van der Waals surface area contributed by atoms with Crippen molar-refractivity contribution >= 4 is 34.4 Å². The molecule has 1 heterocycles. The molecule has 0 saturated heterocycles. The molecule has 1 aromatic heterocycles. The molecule has 1 aliphatic rings. The van der Waals surface area contributed by atoms with E-state index in [1.165, 1.54) is 0 Å². The number of hydrogen-bond donors (Lipinski definition) is 4. The van der Waals surface area contributed by atoms with Crippen molar-refractivity contribution in [2.24, 2.45) is 5.73 Å². The van der Waals surface area contributed by atoms with E-state index in [1.54, 1.807) is 24.5 Å². The number of nitrogens with zero attached hydrogens (tertiary/aromatic N) is 2. The number of rotatable bonds is 8. The number of carbonyl (C=O) groups excluding carboxylic acids is 1. The van der Waals surface area contributed by atoms with Gasteiger partial charge in [-0.3, -0.25) is 4.79 Å². The number of benzene rings is 1. The lowest BCUT2D eigenvalue weighted by Gasteiger charge is -2.29. The molecule has 0 radical (unpaired) electrons. The molecule has 0 aliphatic heterocycles. The molecule has 0 spiro atoms. The molecule has 30 heavy (non-hydrogen) atoms. The van der Waals surface area contributed by atoms with Gasteiger partial charge in [-0.05, 0) is 62.5 Å². The summed E-state index contributed by atoms with van der Waals surface area (Å²) >= 11 is -1.11. The van der Waals surface area contributed by atoms with Crippen LogP contribution < -0.4 is 21.7 Å². The number of amides is 1. The van der Waals surface area contributed by atoms with Gasteiger partial charge in [-0.25, -0.2) is 9.97 Å². The Hall–Kier alpha value is -2.36. The molecule has 1 unspecified atom stereocenters. The van der Waals surface area contributed by atoms with E-state index >= 15 is 0 Å². The Morgan fingerprint density at radius 2 is 1.90 bits per heavy atom. The van der Waals surface area contributed by atoms with Gasteiger partial charge in [0, 0.05) is 23.8 Å². The van der Waals surface area contributed by atoms with Crippen LogP contribution in [0.3, 0.4) is 0 Å². The molecule has 1 fully saturated rings. The first-order chi connectivity index (χ1) is 14.4. The number of anilines is 3. The lowest BCUT2D eigenvalue weighted by atomic mass is 9.91. The predicted octanol–water partition coefficient (Wildman–Crippen LogP) is 2.56. The zero-order valence-electron chi connectivity index (χ0n) is 17.7. The molecule has 1 amide bonds. The monoisotopic (exact) mass is 430 g/mol. The van der Waals surface area contributed by atoms with Crippen LogP contribution in [0.25, 0.3) is 0 Å². The molecule has 1 aliphatic carbocycles. The first kappa shape index (κ1) is 22.3. The van der Waals surface area contributed by atoms with Gasteiger partial charge in [-0.2, -0.15) is 0 Å². The van der Waals surface area contributed by atoms with E-state index in [-0.39, 0.29) is 5.69 Å². The van der Waals surface area contributed by atoms with Crippen molar-refractivity contribution in [3.63, 3.8) is 0 Å². The summed E-state index contributed by atoms with van der Waals surface area (Å²) in [7, 11) is 2.00. The zero-order chi connectivity index (χ0) is 21.7. The van der Waals surface area contributed by atoms with Crippen molar-refractivity contribution in [3.8, 4) is 0 Å². The summed E-state index contributed by atoms with van der Waals surface area (Å²) in [4.78, 5) is 21.9. The lowest BCUT2D eigenvalue weighted by Crippen LogP contribution is -2.35. The quantitative estimate of drug-likeness (QED) is 0.474. The molecule has 0 bridgehead atoms. The van der Waals surface area contributed by atoms with E-state index in [0.29, 0.717) is 46.4 Å².